The van der Waals surface area contributed by atoms with Crippen molar-refractivity contribution in [1.82, 2.24) is 5.43 Å². The Morgan fingerprint density at radius 2 is 1.86 bits per heavy atom. The molecule has 2 aromatic carbocycles. The van der Waals surface area contributed by atoms with Crippen molar-refractivity contribution >= 4 is 40.4 Å². The van der Waals surface area contributed by atoms with Crippen LogP contribution in [0.3, 0.4) is 0 Å². The number of halogens is 2. The predicted octanol–water partition coefficient (Wildman–Crippen LogP) is 3.34. The van der Waals surface area contributed by atoms with Gasteiger partial charge in [0.1, 0.15) is 5.84 Å². The average Bonchev–Trinajstić information content (AvgIpc) is 2.67. The number of rotatable bonds is 1. The monoisotopic (exact) mass is 318 g/mol. The lowest BCUT2D eigenvalue weighted by Gasteiger charge is -2.10. The molecule has 0 spiro atoms. The minimum Gasteiger partial charge on any atom is -0.310 e. The number of nitrogens with zero attached hydrogens (tertiary/aromatic N) is 2. The number of hydrogen-bond donors (Lipinski definition) is 2. The highest BCUT2D eigenvalue weighted by molar-refractivity contribution is 6.36. The third-order valence-electron chi connectivity index (χ3n) is 3.15. The predicted molar refractivity (Wildman–Crippen MR) is 87.8 cm³/mol. The molecule has 0 unspecified atom stereocenters. The molecule has 0 atom stereocenters. The molecule has 0 amide bonds. The van der Waals surface area contributed by atoms with E-state index in [2.05, 4.69) is 15.4 Å². The number of hydrogen-bond acceptors (Lipinski definition) is 4. The molecule has 0 bridgehead atoms. The van der Waals surface area contributed by atoms with Crippen molar-refractivity contribution in [3.05, 3.63) is 63.6 Å². The van der Waals surface area contributed by atoms with Crippen molar-refractivity contribution in [2.75, 3.05) is 6.54 Å². The maximum absolute atomic E-state index is 6.30. The first-order chi connectivity index (χ1) is 10.2. The summed E-state index contributed by atoms with van der Waals surface area (Å²) in [6.45, 7) is 0.351. The molecule has 21 heavy (non-hydrogen) atoms. The van der Waals surface area contributed by atoms with Crippen molar-refractivity contribution in [3.8, 4) is 0 Å². The minimum atomic E-state index is 0.351. The second kappa shape index (κ2) is 5.85. The van der Waals surface area contributed by atoms with E-state index in [1.807, 2.05) is 36.4 Å². The van der Waals surface area contributed by atoms with Crippen LogP contribution in [0.4, 0.5) is 5.69 Å². The Labute approximate surface area is 132 Å². The van der Waals surface area contributed by atoms with E-state index in [-0.39, 0.29) is 0 Å². The van der Waals surface area contributed by atoms with Gasteiger partial charge in [-0.2, -0.15) is 0 Å². The molecule has 1 aliphatic heterocycles. The number of hydrazine groups is 1. The SMILES string of the molecule is NNC1=Nc2ccc(Cl)cc2C(c2ccccc2Cl)=NC1. The summed E-state index contributed by atoms with van der Waals surface area (Å²) in [5.74, 6) is 6.06. The summed E-state index contributed by atoms with van der Waals surface area (Å²) in [7, 11) is 0. The van der Waals surface area contributed by atoms with Gasteiger partial charge in [0.25, 0.3) is 0 Å². The normalized spacial score (nSPS) is 13.9. The third kappa shape index (κ3) is 2.78. The zero-order valence-corrected chi connectivity index (χ0v) is 12.5. The number of aliphatic imine (C=N–C) groups is 2. The highest BCUT2D eigenvalue weighted by Gasteiger charge is 2.18. The zero-order chi connectivity index (χ0) is 14.8. The van der Waals surface area contributed by atoms with Crippen LogP contribution in [0.5, 0.6) is 0 Å². The molecule has 0 radical (unpaired) electrons. The molecule has 6 heteroatoms. The van der Waals surface area contributed by atoms with Gasteiger partial charge in [-0.25, -0.2) is 10.8 Å². The Kier molecular flexibility index (Phi) is 3.92. The summed E-state index contributed by atoms with van der Waals surface area (Å²) in [6.07, 6.45) is 0. The molecule has 0 saturated heterocycles. The lowest BCUT2D eigenvalue weighted by atomic mass is 10.0. The van der Waals surface area contributed by atoms with E-state index in [9.17, 15) is 0 Å². The van der Waals surface area contributed by atoms with Gasteiger partial charge < -0.3 is 5.43 Å². The Hall–Kier alpha value is -1.88. The standard InChI is InChI=1S/C15H12Cl2N4/c16-9-5-6-13-11(7-9)15(19-8-14(20-13)21-18)10-3-1-2-4-12(10)17/h1-7H,8,18H2,(H,20,21). The molecule has 1 heterocycles. The van der Waals surface area contributed by atoms with Crippen LogP contribution in [-0.2, 0) is 0 Å². The van der Waals surface area contributed by atoms with Gasteiger partial charge >= 0.3 is 0 Å². The highest BCUT2D eigenvalue weighted by Crippen LogP contribution is 2.30. The van der Waals surface area contributed by atoms with Crippen molar-refractivity contribution in [1.29, 1.82) is 0 Å². The van der Waals surface area contributed by atoms with Gasteiger partial charge in [-0.15, -0.1) is 0 Å². The number of fused-ring (bicyclic) bond motifs is 1. The van der Waals surface area contributed by atoms with Gasteiger partial charge in [0.2, 0.25) is 0 Å². The molecule has 2 aromatic rings. The van der Waals surface area contributed by atoms with E-state index >= 15 is 0 Å². The first-order valence-electron chi connectivity index (χ1n) is 6.32. The van der Waals surface area contributed by atoms with Crippen molar-refractivity contribution in [3.63, 3.8) is 0 Å². The Morgan fingerprint density at radius 1 is 1.05 bits per heavy atom. The molecule has 4 nitrogen and oxygen atoms in total. The second-order valence-corrected chi connectivity index (χ2v) is 5.35. The molecule has 0 aliphatic carbocycles. The summed E-state index contributed by atoms with van der Waals surface area (Å²) in [5.41, 5.74) is 5.75. The van der Waals surface area contributed by atoms with Gasteiger partial charge in [0.15, 0.2) is 0 Å². The van der Waals surface area contributed by atoms with Gasteiger partial charge in [-0.05, 0) is 24.3 Å². The summed E-state index contributed by atoms with van der Waals surface area (Å²) in [6, 6.07) is 13.0. The van der Waals surface area contributed by atoms with Crippen molar-refractivity contribution < 1.29 is 0 Å². The fourth-order valence-electron chi connectivity index (χ4n) is 2.18. The number of amidine groups is 1. The van der Waals surface area contributed by atoms with Crippen LogP contribution in [0.15, 0.2) is 52.4 Å². The minimum absolute atomic E-state index is 0.351. The van der Waals surface area contributed by atoms with E-state index in [0.29, 0.717) is 22.4 Å². The Morgan fingerprint density at radius 3 is 2.62 bits per heavy atom. The second-order valence-electron chi connectivity index (χ2n) is 4.51. The molecule has 1 aliphatic rings. The Bertz CT molecular complexity index is 753. The summed E-state index contributed by atoms with van der Waals surface area (Å²) < 4.78 is 0. The van der Waals surface area contributed by atoms with E-state index < -0.39 is 0 Å². The molecule has 3 rings (SSSR count). The molecular weight excluding hydrogens is 307 g/mol. The van der Waals surface area contributed by atoms with Crippen LogP contribution in [0, 0.1) is 0 Å². The molecule has 3 N–H and O–H groups in total. The summed E-state index contributed by atoms with van der Waals surface area (Å²) >= 11 is 12.4. The fourth-order valence-corrected chi connectivity index (χ4v) is 2.57. The van der Waals surface area contributed by atoms with Crippen molar-refractivity contribution in [2.45, 2.75) is 0 Å². The molecule has 0 aromatic heterocycles. The van der Waals surface area contributed by atoms with Gasteiger partial charge in [0.05, 0.1) is 17.9 Å². The van der Waals surface area contributed by atoms with Crippen LogP contribution in [-0.4, -0.2) is 18.1 Å². The van der Waals surface area contributed by atoms with E-state index in [1.165, 1.54) is 0 Å². The van der Waals surface area contributed by atoms with Crippen LogP contribution in [0.1, 0.15) is 11.1 Å². The first kappa shape index (κ1) is 14.1. The molecular formula is C15H12Cl2N4. The molecule has 0 saturated carbocycles. The largest absolute Gasteiger partial charge is 0.310 e. The van der Waals surface area contributed by atoms with Crippen LogP contribution in [0.25, 0.3) is 0 Å². The maximum Gasteiger partial charge on any atom is 0.138 e. The molecule has 106 valence electrons. The third-order valence-corrected chi connectivity index (χ3v) is 3.72. The van der Waals surface area contributed by atoms with Crippen LogP contribution < -0.4 is 11.3 Å². The van der Waals surface area contributed by atoms with E-state index in [0.717, 1.165) is 22.5 Å². The van der Waals surface area contributed by atoms with E-state index in [1.54, 1.807) is 6.07 Å². The lowest BCUT2D eigenvalue weighted by Crippen LogP contribution is -2.32. The summed E-state index contributed by atoms with van der Waals surface area (Å²) in [5, 5.41) is 1.25. The first-order valence-corrected chi connectivity index (χ1v) is 7.08. The topological polar surface area (TPSA) is 62.8 Å². The van der Waals surface area contributed by atoms with Gasteiger partial charge in [0, 0.05) is 21.2 Å². The van der Waals surface area contributed by atoms with Gasteiger partial charge in [-0.3, -0.25) is 4.99 Å². The van der Waals surface area contributed by atoms with Crippen molar-refractivity contribution in [2.24, 2.45) is 15.8 Å². The number of nitrogens with one attached hydrogen (secondary N) is 1. The lowest BCUT2D eigenvalue weighted by molar-refractivity contribution is 0.992. The van der Waals surface area contributed by atoms with Gasteiger partial charge in [-0.1, -0.05) is 41.4 Å². The molecule has 0 fully saturated rings. The van der Waals surface area contributed by atoms with Crippen LogP contribution in [0.2, 0.25) is 10.0 Å². The van der Waals surface area contributed by atoms with Crippen LogP contribution >= 0.6 is 23.2 Å². The highest BCUT2D eigenvalue weighted by atomic mass is 35.5. The number of benzene rings is 2. The number of nitrogens with two attached hydrogens (primary N) is 1. The fraction of sp³-hybridized carbons (Fsp3) is 0.0667. The Balaban J connectivity index is 2.22. The maximum atomic E-state index is 6.30. The average molecular weight is 319 g/mol. The zero-order valence-electron chi connectivity index (χ0n) is 11.0. The summed E-state index contributed by atoms with van der Waals surface area (Å²) in [4.78, 5) is 9.06. The quantitative estimate of drug-likeness (QED) is 0.625. The van der Waals surface area contributed by atoms with E-state index in [4.69, 9.17) is 29.0 Å². The smallest absolute Gasteiger partial charge is 0.138 e.